The Bertz CT molecular complexity index is 1520. The van der Waals surface area contributed by atoms with E-state index in [1.807, 2.05) is 42.5 Å². The lowest BCUT2D eigenvalue weighted by molar-refractivity contribution is -0.666. The van der Waals surface area contributed by atoms with E-state index in [0.29, 0.717) is 5.69 Å². The molecule has 0 aliphatic heterocycles. The van der Waals surface area contributed by atoms with E-state index in [2.05, 4.69) is 61.5 Å². The predicted octanol–water partition coefficient (Wildman–Crippen LogP) is 7.22. The molecule has 0 amide bonds. The lowest BCUT2D eigenvalue weighted by Crippen LogP contribution is -2.35. The lowest BCUT2D eigenvalue weighted by atomic mass is 9.97. The van der Waals surface area contributed by atoms with Gasteiger partial charge >= 0.3 is 0 Å². The molecule has 2 heterocycles. The van der Waals surface area contributed by atoms with Crippen LogP contribution >= 0.6 is 0 Å². The van der Waals surface area contributed by atoms with Crippen molar-refractivity contribution in [1.29, 1.82) is 0 Å². The maximum Gasteiger partial charge on any atom is 0.216 e. The van der Waals surface area contributed by atoms with Crippen molar-refractivity contribution < 1.29 is 8.98 Å². The van der Waals surface area contributed by atoms with Crippen LogP contribution in [0.5, 0.6) is 0 Å². The van der Waals surface area contributed by atoms with Gasteiger partial charge in [-0.25, -0.2) is 4.85 Å². The fourth-order valence-corrected chi connectivity index (χ4v) is 4.50. The van der Waals surface area contributed by atoms with Gasteiger partial charge in [-0.05, 0) is 30.5 Å². The van der Waals surface area contributed by atoms with Crippen molar-refractivity contribution in [2.45, 2.75) is 20.8 Å². The van der Waals surface area contributed by atoms with E-state index in [0.717, 1.165) is 44.3 Å². The standard InChI is InChI=1S/C28H23N2O/c1-17-15-19(3)30(5)24(16-17)25-18(2)11-12-21-22-13-14-23(29-4)26(28(22)31-27(21)25)20-9-7-6-8-10-20/h6-16H,1-3,5H3/q+1. The van der Waals surface area contributed by atoms with Crippen molar-refractivity contribution >= 4 is 27.6 Å². The monoisotopic (exact) mass is 403 g/mol. The van der Waals surface area contributed by atoms with E-state index in [1.54, 1.807) is 0 Å². The topological polar surface area (TPSA) is 21.4 Å². The number of hydrogen-bond donors (Lipinski definition) is 0. The highest BCUT2D eigenvalue weighted by Gasteiger charge is 2.24. The van der Waals surface area contributed by atoms with E-state index in [9.17, 15) is 0 Å². The Morgan fingerprint density at radius 3 is 2.19 bits per heavy atom. The van der Waals surface area contributed by atoms with Crippen LogP contribution in [0.4, 0.5) is 5.69 Å². The Morgan fingerprint density at radius 2 is 1.48 bits per heavy atom. The summed E-state index contributed by atoms with van der Waals surface area (Å²) < 4.78 is 8.84. The van der Waals surface area contributed by atoms with Gasteiger partial charge in [-0.2, -0.15) is 4.57 Å². The van der Waals surface area contributed by atoms with Crippen molar-refractivity contribution in [1.82, 2.24) is 0 Å². The summed E-state index contributed by atoms with van der Waals surface area (Å²) in [6, 6.07) is 22.7. The van der Waals surface area contributed by atoms with Crippen molar-refractivity contribution in [3.63, 3.8) is 0 Å². The van der Waals surface area contributed by atoms with E-state index in [4.69, 9.17) is 11.0 Å². The smallest absolute Gasteiger partial charge is 0.216 e. The van der Waals surface area contributed by atoms with Gasteiger partial charge in [0.2, 0.25) is 5.69 Å². The number of nitrogens with zero attached hydrogens (tertiary/aromatic N) is 2. The molecular weight excluding hydrogens is 380 g/mol. The molecule has 5 rings (SSSR count). The molecule has 2 aromatic heterocycles. The summed E-state index contributed by atoms with van der Waals surface area (Å²) in [6.07, 6.45) is 0. The molecule has 0 saturated heterocycles. The molecule has 0 atom stereocenters. The van der Waals surface area contributed by atoms with Crippen LogP contribution in [0.15, 0.2) is 71.1 Å². The van der Waals surface area contributed by atoms with Crippen molar-refractivity contribution in [2.75, 3.05) is 0 Å². The first-order valence-corrected chi connectivity index (χ1v) is 10.4. The number of pyridine rings is 1. The van der Waals surface area contributed by atoms with Crippen LogP contribution in [0.1, 0.15) is 16.8 Å². The molecule has 0 aliphatic carbocycles. The summed E-state index contributed by atoms with van der Waals surface area (Å²) in [5.41, 5.74) is 9.92. The van der Waals surface area contributed by atoms with E-state index in [-0.39, 0.29) is 0 Å². The first kappa shape index (κ1) is 19.1. The van der Waals surface area contributed by atoms with Crippen LogP contribution in [-0.4, -0.2) is 0 Å². The molecule has 0 aliphatic rings. The van der Waals surface area contributed by atoms with Crippen LogP contribution in [0.2, 0.25) is 0 Å². The maximum atomic E-state index is 7.71. The first-order chi connectivity index (χ1) is 15.0. The normalized spacial score (nSPS) is 11.2. The molecule has 0 unspecified atom stereocenters. The molecule has 150 valence electrons. The third-order valence-electron chi connectivity index (χ3n) is 6.13. The van der Waals surface area contributed by atoms with Crippen molar-refractivity contribution in [2.24, 2.45) is 7.05 Å². The van der Waals surface area contributed by atoms with Gasteiger partial charge in [0, 0.05) is 35.4 Å². The summed E-state index contributed by atoms with van der Waals surface area (Å²) in [4.78, 5) is 3.79. The Labute approximate surface area is 182 Å². The van der Waals surface area contributed by atoms with Crippen LogP contribution in [0.25, 0.3) is 49.2 Å². The summed E-state index contributed by atoms with van der Waals surface area (Å²) in [6.45, 7) is 14.1. The fourth-order valence-electron chi connectivity index (χ4n) is 4.50. The highest BCUT2D eigenvalue weighted by molar-refractivity contribution is 6.15. The second-order valence-electron chi connectivity index (χ2n) is 8.17. The zero-order valence-electron chi connectivity index (χ0n) is 18.2. The van der Waals surface area contributed by atoms with Gasteiger partial charge in [0.25, 0.3) is 0 Å². The molecule has 31 heavy (non-hydrogen) atoms. The van der Waals surface area contributed by atoms with Gasteiger partial charge in [0.05, 0.1) is 12.1 Å². The van der Waals surface area contributed by atoms with Gasteiger partial charge in [-0.3, -0.25) is 0 Å². The summed E-state index contributed by atoms with van der Waals surface area (Å²) in [5.74, 6) is 0. The van der Waals surface area contributed by atoms with Crippen molar-refractivity contribution in [3.8, 4) is 22.4 Å². The average Bonchev–Trinajstić information content (AvgIpc) is 3.14. The van der Waals surface area contributed by atoms with E-state index in [1.165, 1.54) is 16.8 Å². The second kappa shape index (κ2) is 7.11. The number of aryl methyl sites for hydroxylation is 3. The molecule has 0 fully saturated rings. The number of rotatable bonds is 2. The minimum Gasteiger partial charge on any atom is -0.456 e. The Kier molecular flexibility index (Phi) is 4.38. The molecule has 5 aromatic rings. The minimum absolute atomic E-state index is 0.605. The number of fused-ring (bicyclic) bond motifs is 3. The molecule has 0 N–H and O–H groups in total. The molecule has 3 nitrogen and oxygen atoms in total. The van der Waals surface area contributed by atoms with Gasteiger partial charge < -0.3 is 4.42 Å². The fraction of sp³-hybridized carbons (Fsp3) is 0.143. The second-order valence-corrected chi connectivity index (χ2v) is 8.17. The van der Waals surface area contributed by atoms with Gasteiger partial charge in [-0.15, -0.1) is 0 Å². The average molecular weight is 404 g/mol. The maximum absolute atomic E-state index is 7.71. The number of furan rings is 1. The summed E-state index contributed by atoms with van der Waals surface area (Å²) >= 11 is 0. The molecule has 3 aromatic carbocycles. The molecular formula is C28H23N2O+. The number of aromatic nitrogens is 1. The molecule has 3 heteroatoms. The molecule has 0 bridgehead atoms. The van der Waals surface area contributed by atoms with Crippen LogP contribution in [-0.2, 0) is 7.05 Å². The molecule has 0 radical (unpaired) electrons. The van der Waals surface area contributed by atoms with E-state index >= 15 is 0 Å². The highest BCUT2D eigenvalue weighted by atomic mass is 16.3. The summed E-state index contributed by atoms with van der Waals surface area (Å²) in [5, 5.41) is 2.11. The number of hydrogen-bond acceptors (Lipinski definition) is 1. The van der Waals surface area contributed by atoms with Crippen molar-refractivity contribution in [3.05, 3.63) is 95.0 Å². The summed E-state index contributed by atoms with van der Waals surface area (Å²) in [7, 11) is 2.09. The first-order valence-electron chi connectivity index (χ1n) is 10.4. The SMILES string of the molecule is [C-]#[N+]c1ccc2c(oc3c(-c4cc(C)cc(C)[n+]4C)c(C)ccc32)c1-c1ccccc1. The Hall–Kier alpha value is -3.90. The van der Waals surface area contributed by atoms with Crippen LogP contribution in [0, 0.1) is 27.3 Å². The number of benzene rings is 3. The zero-order valence-corrected chi connectivity index (χ0v) is 18.2. The highest BCUT2D eigenvalue weighted by Crippen LogP contribution is 2.44. The largest absolute Gasteiger partial charge is 0.456 e. The lowest BCUT2D eigenvalue weighted by Gasteiger charge is -2.08. The van der Waals surface area contributed by atoms with Crippen LogP contribution in [0.3, 0.4) is 0 Å². The predicted molar refractivity (Wildman–Crippen MR) is 126 cm³/mol. The van der Waals surface area contributed by atoms with Crippen LogP contribution < -0.4 is 4.57 Å². The quantitative estimate of drug-likeness (QED) is 0.225. The van der Waals surface area contributed by atoms with Gasteiger partial charge in [0.1, 0.15) is 18.2 Å². The third-order valence-corrected chi connectivity index (χ3v) is 6.13. The zero-order chi connectivity index (χ0) is 21.7. The third kappa shape index (κ3) is 2.92. The van der Waals surface area contributed by atoms with E-state index < -0.39 is 0 Å². The molecule has 0 saturated carbocycles. The Balaban J connectivity index is 1.94. The minimum atomic E-state index is 0.605. The van der Waals surface area contributed by atoms with Gasteiger partial charge in [0.15, 0.2) is 11.4 Å². The van der Waals surface area contributed by atoms with Gasteiger partial charge in [-0.1, -0.05) is 54.6 Å². The Morgan fingerprint density at radius 1 is 0.806 bits per heavy atom. The molecule has 0 spiro atoms.